The van der Waals surface area contributed by atoms with Gasteiger partial charge in [0.05, 0.1) is 0 Å². The van der Waals surface area contributed by atoms with Crippen molar-refractivity contribution in [2.45, 2.75) is 45.6 Å². The number of Topliss-reactive ketones (excluding diaryl/α,β-unsaturated/α-hetero) is 1. The fourth-order valence-electron chi connectivity index (χ4n) is 2.65. The van der Waals surface area contributed by atoms with Crippen molar-refractivity contribution in [3.05, 3.63) is 35.4 Å². The molecular weight excluding hydrogens is 222 g/mol. The van der Waals surface area contributed by atoms with Gasteiger partial charge in [-0.1, -0.05) is 38.1 Å². The lowest BCUT2D eigenvalue weighted by Gasteiger charge is -2.14. The second kappa shape index (κ2) is 5.66. The van der Waals surface area contributed by atoms with Crippen molar-refractivity contribution < 1.29 is 4.79 Å². The van der Waals surface area contributed by atoms with Crippen molar-refractivity contribution in [2.75, 3.05) is 6.54 Å². The fraction of sp³-hybridized carbons (Fsp3) is 0.562. The van der Waals surface area contributed by atoms with Gasteiger partial charge in [-0.2, -0.15) is 0 Å². The minimum absolute atomic E-state index is 0.203. The summed E-state index contributed by atoms with van der Waals surface area (Å²) in [5, 5.41) is 3.34. The zero-order valence-corrected chi connectivity index (χ0v) is 11.6. The number of benzene rings is 1. The Labute approximate surface area is 110 Å². The summed E-state index contributed by atoms with van der Waals surface area (Å²) in [6.07, 6.45) is 1.57. The molecule has 2 nitrogen and oxygen atoms in total. The Balaban J connectivity index is 1.98. The molecule has 18 heavy (non-hydrogen) atoms. The molecule has 2 unspecified atom stereocenters. The van der Waals surface area contributed by atoms with Gasteiger partial charge in [-0.3, -0.25) is 4.79 Å². The molecule has 1 aliphatic rings. The second-order valence-electron chi connectivity index (χ2n) is 5.68. The number of carbonyl (C=O) groups excluding carboxylic acids is 1. The van der Waals surface area contributed by atoms with Crippen LogP contribution in [0.1, 0.15) is 44.2 Å². The van der Waals surface area contributed by atoms with Gasteiger partial charge in [0.15, 0.2) is 0 Å². The number of hydrogen-bond donors (Lipinski definition) is 1. The largest absolute Gasteiger partial charge is 0.314 e. The van der Waals surface area contributed by atoms with E-state index in [9.17, 15) is 4.79 Å². The highest BCUT2D eigenvalue weighted by molar-refractivity contribution is 5.84. The van der Waals surface area contributed by atoms with Gasteiger partial charge < -0.3 is 5.32 Å². The van der Waals surface area contributed by atoms with Crippen molar-refractivity contribution in [1.82, 2.24) is 5.32 Å². The third-order valence-electron chi connectivity index (χ3n) is 3.96. The van der Waals surface area contributed by atoms with Crippen LogP contribution < -0.4 is 5.32 Å². The smallest absolute Gasteiger partial charge is 0.141 e. The van der Waals surface area contributed by atoms with Gasteiger partial charge in [0.1, 0.15) is 5.78 Å². The van der Waals surface area contributed by atoms with Crippen molar-refractivity contribution in [2.24, 2.45) is 5.92 Å². The molecule has 1 fully saturated rings. The van der Waals surface area contributed by atoms with E-state index in [0.29, 0.717) is 24.2 Å². The van der Waals surface area contributed by atoms with Crippen LogP contribution in [-0.4, -0.2) is 18.4 Å². The Morgan fingerprint density at radius 1 is 1.33 bits per heavy atom. The predicted octanol–water partition coefficient (Wildman–Crippen LogP) is 2.92. The molecule has 0 aromatic heterocycles. The van der Waals surface area contributed by atoms with Crippen LogP contribution >= 0.6 is 0 Å². The van der Waals surface area contributed by atoms with Crippen LogP contribution in [-0.2, 0) is 11.2 Å². The average Bonchev–Trinajstić information content (AvgIpc) is 2.76. The van der Waals surface area contributed by atoms with Crippen LogP contribution in [0.3, 0.4) is 0 Å². The molecule has 0 amide bonds. The summed E-state index contributed by atoms with van der Waals surface area (Å²) in [7, 11) is 0. The molecule has 2 heteroatoms. The summed E-state index contributed by atoms with van der Waals surface area (Å²) in [6, 6.07) is 8.82. The van der Waals surface area contributed by atoms with E-state index in [1.54, 1.807) is 0 Å². The first-order chi connectivity index (χ1) is 8.58. The summed E-state index contributed by atoms with van der Waals surface area (Å²) in [5.74, 6) is 1.13. The third-order valence-corrected chi connectivity index (χ3v) is 3.96. The summed E-state index contributed by atoms with van der Waals surface area (Å²) in [4.78, 5) is 12.2. The van der Waals surface area contributed by atoms with Crippen molar-refractivity contribution >= 4 is 5.78 Å². The highest BCUT2D eigenvalue weighted by Gasteiger charge is 2.28. The highest BCUT2D eigenvalue weighted by atomic mass is 16.1. The molecule has 1 aromatic rings. The average molecular weight is 245 g/mol. The van der Waals surface area contributed by atoms with Crippen LogP contribution in [0.15, 0.2) is 24.3 Å². The predicted molar refractivity (Wildman–Crippen MR) is 74.8 cm³/mol. The topological polar surface area (TPSA) is 29.1 Å². The molecule has 0 spiro atoms. The van der Waals surface area contributed by atoms with Crippen LogP contribution in [0.25, 0.3) is 0 Å². The molecule has 0 saturated carbocycles. The van der Waals surface area contributed by atoms with Gasteiger partial charge in [0, 0.05) is 18.4 Å². The second-order valence-corrected chi connectivity index (χ2v) is 5.68. The highest BCUT2D eigenvalue weighted by Crippen LogP contribution is 2.20. The Hall–Kier alpha value is -1.15. The van der Waals surface area contributed by atoms with Crippen molar-refractivity contribution in [3.63, 3.8) is 0 Å². The van der Waals surface area contributed by atoms with Crippen molar-refractivity contribution in [3.8, 4) is 0 Å². The van der Waals surface area contributed by atoms with Gasteiger partial charge in [0.2, 0.25) is 0 Å². The normalized spacial score (nSPS) is 23.6. The SMILES string of the molecule is CC(C)c1ccc(CC(=O)C2CCNC2C)cc1. The van der Waals surface area contributed by atoms with Gasteiger partial charge in [-0.15, -0.1) is 0 Å². The lowest BCUT2D eigenvalue weighted by Crippen LogP contribution is -2.29. The number of carbonyl (C=O) groups is 1. The molecule has 2 atom stereocenters. The molecule has 1 aliphatic heterocycles. The van der Waals surface area contributed by atoms with E-state index >= 15 is 0 Å². The maximum absolute atomic E-state index is 12.2. The fourth-order valence-corrected chi connectivity index (χ4v) is 2.65. The number of nitrogens with one attached hydrogen (secondary N) is 1. The standard InChI is InChI=1S/C16H23NO/c1-11(2)14-6-4-13(5-7-14)10-16(18)15-8-9-17-12(15)3/h4-7,11-12,15,17H,8-10H2,1-3H3. The van der Waals surface area contributed by atoms with Gasteiger partial charge in [-0.05, 0) is 36.9 Å². The summed E-state index contributed by atoms with van der Waals surface area (Å²) in [6.45, 7) is 7.46. The number of rotatable bonds is 4. The quantitative estimate of drug-likeness (QED) is 0.883. The summed E-state index contributed by atoms with van der Waals surface area (Å²) in [5.41, 5.74) is 2.48. The molecule has 2 rings (SSSR count). The van der Waals surface area contributed by atoms with E-state index < -0.39 is 0 Å². The van der Waals surface area contributed by atoms with Gasteiger partial charge >= 0.3 is 0 Å². The van der Waals surface area contributed by atoms with E-state index in [4.69, 9.17) is 0 Å². The number of hydrogen-bond acceptors (Lipinski definition) is 2. The maximum Gasteiger partial charge on any atom is 0.141 e. The summed E-state index contributed by atoms with van der Waals surface area (Å²) < 4.78 is 0. The van der Waals surface area contributed by atoms with E-state index in [0.717, 1.165) is 18.5 Å². The molecule has 1 saturated heterocycles. The molecule has 1 N–H and O–H groups in total. The zero-order chi connectivity index (χ0) is 13.1. The first kappa shape index (κ1) is 13.3. The Morgan fingerprint density at radius 2 is 2.00 bits per heavy atom. The lowest BCUT2D eigenvalue weighted by atomic mass is 9.91. The Kier molecular flexibility index (Phi) is 4.18. The first-order valence-electron chi connectivity index (χ1n) is 6.93. The molecule has 1 aromatic carbocycles. The molecule has 98 valence electrons. The lowest BCUT2D eigenvalue weighted by molar-refractivity contribution is -0.122. The van der Waals surface area contributed by atoms with Crippen LogP contribution in [0.2, 0.25) is 0 Å². The van der Waals surface area contributed by atoms with Crippen LogP contribution in [0, 0.1) is 5.92 Å². The van der Waals surface area contributed by atoms with Gasteiger partial charge in [-0.25, -0.2) is 0 Å². The molecule has 1 heterocycles. The molecule has 0 radical (unpaired) electrons. The Bertz CT molecular complexity index is 408. The van der Waals surface area contributed by atoms with E-state index in [1.165, 1.54) is 5.56 Å². The zero-order valence-electron chi connectivity index (χ0n) is 11.6. The van der Waals surface area contributed by atoms with Crippen LogP contribution in [0.4, 0.5) is 0 Å². The van der Waals surface area contributed by atoms with Crippen molar-refractivity contribution in [1.29, 1.82) is 0 Å². The summed E-state index contributed by atoms with van der Waals surface area (Å²) >= 11 is 0. The molecule has 0 aliphatic carbocycles. The molecular formula is C16H23NO. The molecule has 0 bridgehead atoms. The monoisotopic (exact) mass is 245 g/mol. The third kappa shape index (κ3) is 2.99. The maximum atomic E-state index is 12.2. The Morgan fingerprint density at radius 3 is 2.50 bits per heavy atom. The van der Waals surface area contributed by atoms with E-state index in [-0.39, 0.29) is 5.92 Å². The van der Waals surface area contributed by atoms with Gasteiger partial charge in [0.25, 0.3) is 0 Å². The van der Waals surface area contributed by atoms with E-state index in [1.807, 2.05) is 0 Å². The minimum Gasteiger partial charge on any atom is -0.314 e. The van der Waals surface area contributed by atoms with E-state index in [2.05, 4.69) is 50.4 Å². The first-order valence-corrected chi connectivity index (χ1v) is 6.93. The number of ketones is 1. The van der Waals surface area contributed by atoms with Crippen LogP contribution in [0.5, 0.6) is 0 Å². The minimum atomic E-state index is 0.203.